The molecule has 0 N–H and O–H groups in total. The molecule has 0 bridgehead atoms. The molecule has 0 aromatic heterocycles. The lowest BCUT2D eigenvalue weighted by atomic mass is 9.93. The van der Waals surface area contributed by atoms with Gasteiger partial charge in [-0.15, -0.1) is 0 Å². The predicted octanol–water partition coefficient (Wildman–Crippen LogP) is 3.58. The van der Waals surface area contributed by atoms with Crippen LogP contribution in [-0.2, 0) is 22.4 Å². The zero-order chi connectivity index (χ0) is 18.1. The summed E-state index contributed by atoms with van der Waals surface area (Å²) in [4.78, 5) is 28.0. The lowest BCUT2D eigenvalue weighted by Gasteiger charge is -2.29. The smallest absolute Gasteiger partial charge is 0.227 e. The minimum atomic E-state index is 0.110. The van der Waals surface area contributed by atoms with E-state index in [-0.39, 0.29) is 11.8 Å². The van der Waals surface area contributed by atoms with Gasteiger partial charge < -0.3 is 9.80 Å². The molecule has 0 unspecified atom stereocenters. The molecule has 0 aliphatic carbocycles. The van der Waals surface area contributed by atoms with Crippen LogP contribution in [0.5, 0.6) is 0 Å². The molecule has 2 heterocycles. The van der Waals surface area contributed by atoms with Gasteiger partial charge in [0.15, 0.2) is 0 Å². The second-order valence-electron chi connectivity index (χ2n) is 7.35. The number of rotatable bonds is 3. The van der Waals surface area contributed by atoms with Gasteiger partial charge >= 0.3 is 0 Å². The molecule has 0 spiro atoms. The summed E-state index contributed by atoms with van der Waals surface area (Å²) in [5.74, 6) is 0.661. The molecular weight excluding hydrogens is 324 g/mol. The number of benzene rings is 2. The van der Waals surface area contributed by atoms with Gasteiger partial charge in [0, 0.05) is 37.8 Å². The zero-order valence-corrected chi connectivity index (χ0v) is 15.1. The minimum Gasteiger partial charge on any atom is -0.312 e. The van der Waals surface area contributed by atoms with Crippen molar-refractivity contribution < 1.29 is 9.59 Å². The Morgan fingerprint density at radius 2 is 1.96 bits per heavy atom. The van der Waals surface area contributed by atoms with Crippen molar-refractivity contribution in [3.63, 3.8) is 0 Å². The van der Waals surface area contributed by atoms with Crippen LogP contribution in [0.25, 0.3) is 0 Å². The number of fused-ring (bicyclic) bond motifs is 1. The van der Waals surface area contributed by atoms with Crippen LogP contribution in [0.2, 0.25) is 0 Å². The molecular formula is C22H24N2O2. The second kappa shape index (κ2) is 6.94. The van der Waals surface area contributed by atoms with Crippen molar-refractivity contribution >= 4 is 23.2 Å². The SMILES string of the molecule is CC(=O)N1CCCc2cc(C[C@H]3CC(=O)N(c4ccccc4)C3)ccc21. The summed E-state index contributed by atoms with van der Waals surface area (Å²) in [6.45, 7) is 3.22. The first-order chi connectivity index (χ1) is 12.6. The highest BCUT2D eigenvalue weighted by Gasteiger charge is 2.30. The second-order valence-corrected chi connectivity index (χ2v) is 7.35. The molecule has 2 aliphatic rings. The largest absolute Gasteiger partial charge is 0.312 e. The molecule has 2 aromatic rings. The maximum Gasteiger partial charge on any atom is 0.227 e. The fraction of sp³-hybridized carbons (Fsp3) is 0.364. The molecule has 2 aliphatic heterocycles. The number of carbonyl (C=O) groups excluding carboxylic acids is 2. The van der Waals surface area contributed by atoms with Gasteiger partial charge in [-0.3, -0.25) is 9.59 Å². The molecule has 1 saturated heterocycles. The van der Waals surface area contributed by atoms with E-state index in [2.05, 4.69) is 18.2 Å². The third kappa shape index (κ3) is 3.24. The molecule has 4 heteroatoms. The highest BCUT2D eigenvalue weighted by atomic mass is 16.2. The highest BCUT2D eigenvalue weighted by Crippen LogP contribution is 2.31. The number of anilines is 2. The van der Waals surface area contributed by atoms with E-state index >= 15 is 0 Å². The Kier molecular flexibility index (Phi) is 4.49. The highest BCUT2D eigenvalue weighted by molar-refractivity contribution is 5.95. The van der Waals surface area contributed by atoms with E-state index in [9.17, 15) is 9.59 Å². The van der Waals surface area contributed by atoms with Crippen molar-refractivity contribution in [3.8, 4) is 0 Å². The number of carbonyl (C=O) groups is 2. The van der Waals surface area contributed by atoms with Gasteiger partial charge in [-0.25, -0.2) is 0 Å². The normalized spacial score (nSPS) is 19.6. The lowest BCUT2D eigenvalue weighted by Crippen LogP contribution is -2.33. The Bertz CT molecular complexity index is 831. The van der Waals surface area contributed by atoms with Gasteiger partial charge in [-0.1, -0.05) is 30.3 Å². The van der Waals surface area contributed by atoms with Crippen molar-refractivity contribution in [2.45, 2.75) is 32.6 Å². The molecule has 0 radical (unpaired) electrons. The molecule has 4 nitrogen and oxygen atoms in total. The third-order valence-corrected chi connectivity index (χ3v) is 5.44. The average molecular weight is 348 g/mol. The molecule has 2 amide bonds. The molecule has 4 rings (SSSR count). The number of amides is 2. The van der Waals surface area contributed by atoms with Crippen LogP contribution in [0.1, 0.15) is 30.9 Å². The summed E-state index contributed by atoms with van der Waals surface area (Å²) in [7, 11) is 0. The van der Waals surface area contributed by atoms with Gasteiger partial charge in [0.25, 0.3) is 0 Å². The van der Waals surface area contributed by atoms with E-state index in [4.69, 9.17) is 0 Å². The van der Waals surface area contributed by atoms with Crippen molar-refractivity contribution in [3.05, 3.63) is 59.7 Å². The Labute approximate surface area is 154 Å². The van der Waals surface area contributed by atoms with E-state index in [0.717, 1.165) is 43.7 Å². The van der Waals surface area contributed by atoms with Gasteiger partial charge in [-0.2, -0.15) is 0 Å². The van der Waals surface area contributed by atoms with Crippen molar-refractivity contribution in [1.29, 1.82) is 0 Å². The van der Waals surface area contributed by atoms with Crippen LogP contribution >= 0.6 is 0 Å². The molecule has 26 heavy (non-hydrogen) atoms. The van der Waals surface area contributed by atoms with E-state index in [0.29, 0.717) is 12.3 Å². The number of nitrogens with zero attached hydrogens (tertiary/aromatic N) is 2. The molecule has 1 atom stereocenters. The van der Waals surface area contributed by atoms with E-state index < -0.39 is 0 Å². The molecule has 0 saturated carbocycles. The molecule has 1 fully saturated rings. The van der Waals surface area contributed by atoms with E-state index in [1.54, 1.807) is 6.92 Å². The van der Waals surface area contributed by atoms with Gasteiger partial charge in [0.2, 0.25) is 11.8 Å². The van der Waals surface area contributed by atoms with Crippen molar-refractivity contribution in [1.82, 2.24) is 0 Å². The molecule has 2 aromatic carbocycles. The fourth-order valence-electron chi connectivity index (χ4n) is 4.21. The first kappa shape index (κ1) is 16.8. The van der Waals surface area contributed by atoms with Crippen molar-refractivity contribution in [2.75, 3.05) is 22.9 Å². The Morgan fingerprint density at radius 1 is 1.15 bits per heavy atom. The van der Waals surface area contributed by atoms with E-state index in [1.165, 1.54) is 11.1 Å². The Hall–Kier alpha value is -2.62. The van der Waals surface area contributed by atoms with Crippen LogP contribution in [0, 0.1) is 5.92 Å². The summed E-state index contributed by atoms with van der Waals surface area (Å²) in [6.07, 6.45) is 3.54. The maximum atomic E-state index is 12.4. The average Bonchev–Trinajstić information content (AvgIpc) is 3.01. The summed E-state index contributed by atoms with van der Waals surface area (Å²) < 4.78 is 0. The first-order valence-electron chi connectivity index (χ1n) is 9.37. The van der Waals surface area contributed by atoms with Gasteiger partial charge in [0.05, 0.1) is 0 Å². The number of hydrogen-bond donors (Lipinski definition) is 0. The standard InChI is InChI=1S/C22H24N2O2/c1-16(25)23-11-5-6-19-13-17(9-10-21(19)23)12-18-14-22(26)24(15-18)20-7-3-2-4-8-20/h2-4,7-10,13,18H,5-6,11-12,14-15H2,1H3/t18-/m0/s1. The Morgan fingerprint density at radius 3 is 2.73 bits per heavy atom. The lowest BCUT2D eigenvalue weighted by molar-refractivity contribution is -0.117. The van der Waals surface area contributed by atoms with Crippen LogP contribution < -0.4 is 9.80 Å². The summed E-state index contributed by atoms with van der Waals surface area (Å²) in [5.41, 5.74) is 4.57. The molecule has 134 valence electrons. The number of aryl methyl sites for hydroxylation is 1. The summed E-state index contributed by atoms with van der Waals surface area (Å²) in [5, 5.41) is 0. The van der Waals surface area contributed by atoms with Crippen LogP contribution in [-0.4, -0.2) is 24.9 Å². The maximum absolute atomic E-state index is 12.4. The van der Waals surface area contributed by atoms with Gasteiger partial charge in [-0.05, 0) is 54.5 Å². The quantitative estimate of drug-likeness (QED) is 0.851. The summed E-state index contributed by atoms with van der Waals surface area (Å²) in [6, 6.07) is 16.3. The third-order valence-electron chi connectivity index (χ3n) is 5.44. The number of para-hydroxylation sites is 1. The Balaban J connectivity index is 1.48. The van der Waals surface area contributed by atoms with E-state index in [1.807, 2.05) is 40.1 Å². The first-order valence-corrected chi connectivity index (χ1v) is 9.37. The van der Waals surface area contributed by atoms with Crippen LogP contribution in [0.3, 0.4) is 0 Å². The summed E-state index contributed by atoms with van der Waals surface area (Å²) >= 11 is 0. The fourth-order valence-corrected chi connectivity index (χ4v) is 4.21. The number of hydrogen-bond acceptors (Lipinski definition) is 2. The van der Waals surface area contributed by atoms with Crippen LogP contribution in [0.4, 0.5) is 11.4 Å². The van der Waals surface area contributed by atoms with Gasteiger partial charge in [0.1, 0.15) is 0 Å². The van der Waals surface area contributed by atoms with Crippen LogP contribution in [0.15, 0.2) is 48.5 Å². The minimum absolute atomic E-state index is 0.110. The van der Waals surface area contributed by atoms with Crippen molar-refractivity contribution in [2.24, 2.45) is 5.92 Å². The zero-order valence-electron chi connectivity index (χ0n) is 15.1. The monoisotopic (exact) mass is 348 g/mol. The topological polar surface area (TPSA) is 40.6 Å². The predicted molar refractivity (Wildman–Crippen MR) is 103 cm³/mol.